The zero-order valence-electron chi connectivity index (χ0n) is 33.4. The van der Waals surface area contributed by atoms with Crippen LogP contribution in [0.15, 0.2) is 72.0 Å². The summed E-state index contributed by atoms with van der Waals surface area (Å²) in [6.07, 6.45) is 4.34. The van der Waals surface area contributed by atoms with Gasteiger partial charge in [0.05, 0.1) is 0 Å². The minimum atomic E-state index is -0.565. The van der Waals surface area contributed by atoms with Gasteiger partial charge in [-0.1, -0.05) is 85.7 Å². The van der Waals surface area contributed by atoms with Crippen molar-refractivity contribution in [3.8, 4) is 11.8 Å². The molecule has 0 saturated carbocycles. The Morgan fingerprint density at radius 3 is 2.26 bits per heavy atom. The fourth-order valence-electron chi connectivity index (χ4n) is 8.71. The van der Waals surface area contributed by atoms with Crippen LogP contribution < -0.4 is 9.64 Å². The topological polar surface area (TPSA) is 72.7 Å². The fourth-order valence-corrected chi connectivity index (χ4v) is 8.71. The predicted molar refractivity (Wildman–Crippen MR) is 211 cm³/mol. The molecule has 0 spiro atoms. The molecule has 3 aromatic heterocycles. The van der Waals surface area contributed by atoms with Crippen molar-refractivity contribution < 1.29 is 30.5 Å². The number of aliphatic imine (C=N–C) groups is 1. The van der Waals surface area contributed by atoms with Crippen LogP contribution in [0.5, 0.6) is 11.8 Å². The van der Waals surface area contributed by atoms with E-state index in [9.17, 15) is 0 Å². The molecule has 8 heteroatoms. The van der Waals surface area contributed by atoms with Gasteiger partial charge in [-0.2, -0.15) is 12.1 Å². The quantitative estimate of drug-likeness (QED) is 0.167. The molecule has 3 aliphatic rings. The number of nitrogens with zero attached hydrogens (tertiary/aromatic N) is 5. The summed E-state index contributed by atoms with van der Waals surface area (Å²) in [4.78, 5) is 21.7. The Hall–Kier alpha value is -4.35. The van der Waals surface area contributed by atoms with E-state index in [1.54, 1.807) is 6.20 Å². The van der Waals surface area contributed by atoms with Gasteiger partial charge < -0.3 is 14.4 Å². The third-order valence-corrected chi connectivity index (χ3v) is 11.9. The molecule has 5 heterocycles. The number of fused-ring (bicyclic) bond motifs is 5. The van der Waals surface area contributed by atoms with Gasteiger partial charge >= 0.3 is 21.1 Å². The summed E-state index contributed by atoms with van der Waals surface area (Å²) in [5.74, 6) is 1.97. The molecule has 7 nitrogen and oxygen atoms in total. The minimum Gasteiger partial charge on any atom is -0.525 e. The summed E-state index contributed by atoms with van der Waals surface area (Å²) in [6, 6.07) is 26.3. The third-order valence-electron chi connectivity index (χ3n) is 11.9. The number of rotatable bonds is 4. The van der Waals surface area contributed by atoms with E-state index in [4.69, 9.17) is 24.4 Å². The first-order valence-corrected chi connectivity index (χ1v) is 18.6. The van der Waals surface area contributed by atoms with Crippen molar-refractivity contribution >= 4 is 23.1 Å². The Kier molecular flexibility index (Phi) is 8.85. The van der Waals surface area contributed by atoms with Gasteiger partial charge in [0, 0.05) is 34.7 Å². The monoisotopic (exact) mass is 898 g/mol. The molecule has 2 atom stereocenters. The van der Waals surface area contributed by atoms with Crippen LogP contribution in [0.25, 0.3) is 0 Å². The zero-order valence-corrected chi connectivity index (χ0v) is 35.7. The zero-order chi connectivity index (χ0) is 37.9. The number of aryl methyl sites for hydroxylation is 3. The molecule has 0 bridgehead atoms. The average Bonchev–Trinajstić information content (AvgIpc) is 3.51. The van der Waals surface area contributed by atoms with Crippen molar-refractivity contribution in [3.63, 3.8) is 0 Å². The molecule has 54 heavy (non-hydrogen) atoms. The van der Waals surface area contributed by atoms with E-state index in [1.807, 2.05) is 31.3 Å². The van der Waals surface area contributed by atoms with Crippen molar-refractivity contribution in [3.05, 3.63) is 129 Å². The second-order valence-corrected chi connectivity index (χ2v) is 17.9. The van der Waals surface area contributed by atoms with Gasteiger partial charge in [-0.15, -0.1) is 23.4 Å². The molecule has 0 unspecified atom stereocenters. The molecule has 0 saturated heterocycles. The third kappa shape index (κ3) is 5.72. The summed E-state index contributed by atoms with van der Waals surface area (Å²) in [5.41, 5.74) is 10.5. The Morgan fingerprint density at radius 1 is 0.796 bits per heavy atom. The van der Waals surface area contributed by atoms with Crippen molar-refractivity contribution in [1.29, 1.82) is 0 Å². The number of hydrogen-bond acceptors (Lipinski definition) is 7. The molecule has 2 aromatic carbocycles. The number of pyridine rings is 3. The van der Waals surface area contributed by atoms with E-state index in [2.05, 4.69) is 135 Å². The second kappa shape index (κ2) is 12.6. The van der Waals surface area contributed by atoms with Gasteiger partial charge in [-0.25, -0.2) is 9.97 Å². The number of benzene rings is 2. The Balaban J connectivity index is 0.00000450. The molecule has 0 amide bonds. The van der Waals surface area contributed by atoms with Crippen molar-refractivity contribution in [1.82, 2.24) is 15.0 Å². The molecular formula is C46H49N5O2Pt. The molecule has 1 aliphatic carbocycles. The minimum absolute atomic E-state index is 0. The summed E-state index contributed by atoms with van der Waals surface area (Å²) in [6.45, 7) is 26.6. The summed E-state index contributed by atoms with van der Waals surface area (Å²) < 4.78 is 13.4. The predicted octanol–water partition coefficient (Wildman–Crippen LogP) is 10.6. The van der Waals surface area contributed by atoms with Crippen molar-refractivity contribution in [2.75, 3.05) is 4.90 Å². The first-order chi connectivity index (χ1) is 24.8. The second-order valence-electron chi connectivity index (χ2n) is 17.9. The van der Waals surface area contributed by atoms with Crippen LogP contribution in [0.3, 0.4) is 0 Å². The summed E-state index contributed by atoms with van der Waals surface area (Å²) >= 11 is 0. The molecule has 8 rings (SSSR count). The maximum Gasteiger partial charge on any atom is 2.00 e. The largest absolute Gasteiger partial charge is 2.00 e. The van der Waals surface area contributed by atoms with Gasteiger partial charge in [0.2, 0.25) is 0 Å². The summed E-state index contributed by atoms with van der Waals surface area (Å²) in [5, 5.41) is 0. The molecule has 2 aliphatic heterocycles. The standard InChI is InChI=1S/C46H49N5O2.Pt/c1-27-20-31-26-46(43(7,8)9)45(12,35(31)21-28(27)2)50-41(53-46)30-17-19-47-38(23-30)52-39-25-33(22-29(3)49-39)51-37-16-15-32(42(4,5)6)24-36(37)44(10,11)34-14-13-18-48-40(34)51;/h13-22,24H,26H2,1-12H3;/q-2;+2/t45-,46-;/m1./s1. The van der Waals surface area contributed by atoms with E-state index < -0.39 is 11.1 Å². The SMILES string of the molecule is Cc1cc(N2c3ccc(C(C)(C)C)cc3C(C)(C)c3cccnc32)[c-]c(Oc2[c-]c(C3=N[C@]4(C)c5cc(C)c(C)cc5C[C@]4(C(C)(C)C)O3)ccn2)n1.[Pt+2]. The maximum absolute atomic E-state index is 7.02. The normalized spacial score (nSPS) is 20.9. The van der Waals surface area contributed by atoms with E-state index in [0.717, 1.165) is 34.9 Å². The van der Waals surface area contributed by atoms with Gasteiger partial charge in [0.1, 0.15) is 28.7 Å². The van der Waals surface area contributed by atoms with E-state index >= 15 is 0 Å². The number of anilines is 3. The van der Waals surface area contributed by atoms with E-state index in [1.165, 1.54) is 33.4 Å². The molecule has 0 fully saturated rings. The van der Waals surface area contributed by atoms with Crippen LogP contribution in [-0.4, -0.2) is 26.5 Å². The molecule has 5 aromatic rings. The van der Waals surface area contributed by atoms with Gasteiger partial charge in [-0.05, 0) is 90.5 Å². The Labute approximate surface area is 335 Å². The average molecular weight is 899 g/mol. The number of hydrogen-bond donors (Lipinski definition) is 0. The Morgan fingerprint density at radius 2 is 1.54 bits per heavy atom. The van der Waals surface area contributed by atoms with Crippen LogP contribution in [-0.2, 0) is 48.6 Å². The van der Waals surface area contributed by atoms with Crippen LogP contribution >= 0.6 is 0 Å². The maximum atomic E-state index is 7.02. The van der Waals surface area contributed by atoms with Gasteiger partial charge in [-0.3, -0.25) is 9.98 Å². The van der Waals surface area contributed by atoms with Gasteiger partial charge in [0.25, 0.3) is 0 Å². The smallest absolute Gasteiger partial charge is 0.525 e. The van der Waals surface area contributed by atoms with Gasteiger partial charge in [0.15, 0.2) is 5.88 Å². The van der Waals surface area contributed by atoms with Crippen LogP contribution in [0, 0.1) is 38.3 Å². The Bertz CT molecular complexity index is 2350. The number of ether oxygens (including phenoxy) is 2. The molecule has 0 radical (unpaired) electrons. The van der Waals surface area contributed by atoms with E-state index in [0.29, 0.717) is 17.3 Å². The van der Waals surface area contributed by atoms with Crippen LogP contribution in [0.4, 0.5) is 17.2 Å². The van der Waals surface area contributed by atoms with Crippen LogP contribution in [0.1, 0.15) is 113 Å². The number of aromatic nitrogens is 3. The van der Waals surface area contributed by atoms with E-state index in [-0.39, 0.29) is 43.2 Å². The summed E-state index contributed by atoms with van der Waals surface area (Å²) in [7, 11) is 0. The van der Waals surface area contributed by atoms with Crippen molar-refractivity contribution in [2.45, 2.75) is 111 Å². The first kappa shape index (κ1) is 37.9. The van der Waals surface area contributed by atoms with Crippen LogP contribution in [0.2, 0.25) is 0 Å². The fraction of sp³-hybridized carbons (Fsp3) is 0.391. The first-order valence-electron chi connectivity index (χ1n) is 18.6. The molecule has 0 N–H and O–H groups in total. The van der Waals surface area contributed by atoms with Crippen molar-refractivity contribution in [2.24, 2.45) is 10.4 Å². The molecule has 280 valence electrons. The molecular weight excluding hydrogens is 850 g/mol.